The van der Waals surface area contributed by atoms with E-state index >= 15 is 0 Å². The third kappa shape index (κ3) is 2.31. The molecule has 3 rings (SSSR count). The van der Waals surface area contributed by atoms with Gasteiger partial charge in [0.25, 0.3) is 0 Å². The van der Waals surface area contributed by atoms with Crippen molar-refractivity contribution in [2.24, 2.45) is 0 Å². The molecule has 0 aliphatic heterocycles. The van der Waals surface area contributed by atoms with E-state index in [9.17, 15) is 9.65 Å². The van der Waals surface area contributed by atoms with Crippen LogP contribution in [-0.2, 0) is 5.88 Å². The molecule has 3 nitrogen and oxygen atoms in total. The van der Waals surface area contributed by atoms with E-state index in [-0.39, 0.29) is 11.4 Å². The zero-order chi connectivity index (χ0) is 15.0. The average Bonchev–Trinajstić information content (AvgIpc) is 2.84. The predicted octanol–water partition coefficient (Wildman–Crippen LogP) is 4.54. The Balaban J connectivity index is 2.42. The highest BCUT2D eigenvalue weighted by Gasteiger charge is 2.17. The molecule has 0 saturated carbocycles. The van der Waals surface area contributed by atoms with E-state index in [4.69, 9.17) is 11.6 Å². The summed E-state index contributed by atoms with van der Waals surface area (Å²) in [7, 11) is 0. The van der Waals surface area contributed by atoms with Crippen molar-refractivity contribution < 1.29 is 4.39 Å². The van der Waals surface area contributed by atoms with Crippen LogP contribution in [0.3, 0.4) is 0 Å². The first kappa shape index (κ1) is 14.1. The van der Waals surface area contributed by atoms with Gasteiger partial charge in [-0.25, -0.2) is 9.37 Å². The predicted molar refractivity (Wildman–Crippen MR) is 83.0 cm³/mol. The van der Waals surface area contributed by atoms with Gasteiger partial charge in [-0.05, 0) is 30.3 Å². The van der Waals surface area contributed by atoms with Gasteiger partial charge in [0, 0.05) is 4.47 Å². The van der Waals surface area contributed by atoms with E-state index in [1.165, 1.54) is 6.07 Å². The maximum absolute atomic E-state index is 13.9. The van der Waals surface area contributed by atoms with Crippen molar-refractivity contribution in [1.29, 1.82) is 5.26 Å². The van der Waals surface area contributed by atoms with Crippen LogP contribution < -0.4 is 0 Å². The van der Waals surface area contributed by atoms with Crippen molar-refractivity contribution in [2.45, 2.75) is 5.88 Å². The van der Waals surface area contributed by atoms with Gasteiger partial charge in [-0.3, -0.25) is 4.57 Å². The lowest BCUT2D eigenvalue weighted by molar-refractivity contribution is 0.622. The fourth-order valence-electron chi connectivity index (χ4n) is 2.27. The van der Waals surface area contributed by atoms with E-state index in [0.29, 0.717) is 11.5 Å². The van der Waals surface area contributed by atoms with E-state index in [1.54, 1.807) is 16.7 Å². The fourth-order valence-corrected chi connectivity index (χ4v) is 2.79. The molecule has 1 aromatic heterocycles. The molecule has 0 spiro atoms. The molecule has 0 atom stereocenters. The molecule has 3 aromatic rings. The minimum atomic E-state index is -0.563. The molecule has 0 radical (unpaired) electrons. The number of alkyl halides is 1. The highest BCUT2D eigenvalue weighted by atomic mass is 79.9. The quantitative estimate of drug-likeness (QED) is 0.627. The lowest BCUT2D eigenvalue weighted by Crippen LogP contribution is -2.03. The zero-order valence-electron chi connectivity index (χ0n) is 10.6. The monoisotopic (exact) mass is 363 g/mol. The zero-order valence-corrected chi connectivity index (χ0v) is 13.0. The Morgan fingerprint density at radius 1 is 1.33 bits per heavy atom. The number of fused-ring (bicyclic) bond motifs is 1. The summed E-state index contributed by atoms with van der Waals surface area (Å²) in [5.41, 5.74) is 1.92. The number of nitrogens with zero attached hydrogens (tertiary/aromatic N) is 3. The molecule has 0 fully saturated rings. The number of halogens is 3. The topological polar surface area (TPSA) is 41.6 Å². The second-order valence-corrected chi connectivity index (χ2v) is 5.56. The van der Waals surface area contributed by atoms with Gasteiger partial charge in [0.2, 0.25) is 0 Å². The number of hydrogen-bond acceptors (Lipinski definition) is 2. The Kier molecular flexibility index (Phi) is 3.66. The number of nitriles is 1. The third-order valence-corrected chi connectivity index (χ3v) is 3.88. The van der Waals surface area contributed by atoms with Gasteiger partial charge < -0.3 is 0 Å². The first-order chi connectivity index (χ1) is 10.2. The first-order valence-electron chi connectivity index (χ1n) is 6.07. The van der Waals surface area contributed by atoms with Crippen LogP contribution in [0.5, 0.6) is 0 Å². The summed E-state index contributed by atoms with van der Waals surface area (Å²) in [4.78, 5) is 4.43. The van der Waals surface area contributed by atoms with Gasteiger partial charge >= 0.3 is 0 Å². The smallest absolute Gasteiger partial charge is 0.143 e. The minimum absolute atomic E-state index is 0.0249. The molecule has 1 heterocycles. The van der Waals surface area contributed by atoms with Gasteiger partial charge in [0.1, 0.15) is 23.3 Å². The van der Waals surface area contributed by atoms with Crippen molar-refractivity contribution in [1.82, 2.24) is 9.55 Å². The largest absolute Gasteiger partial charge is 0.294 e. The normalized spacial score (nSPS) is 10.8. The summed E-state index contributed by atoms with van der Waals surface area (Å²) in [5, 5.41) is 9.22. The number of benzene rings is 2. The van der Waals surface area contributed by atoms with Crippen molar-refractivity contribution in [3.63, 3.8) is 0 Å². The summed E-state index contributed by atoms with van der Waals surface area (Å²) >= 11 is 9.36. The molecule has 0 aliphatic carbocycles. The molecular weight excluding hydrogens is 357 g/mol. The van der Waals surface area contributed by atoms with Gasteiger partial charge in [0.15, 0.2) is 0 Å². The highest BCUT2D eigenvalue weighted by Crippen LogP contribution is 2.28. The van der Waals surface area contributed by atoms with Crippen LogP contribution >= 0.6 is 27.5 Å². The van der Waals surface area contributed by atoms with Gasteiger partial charge in [0.05, 0.1) is 22.6 Å². The Hall–Kier alpha value is -1.90. The summed E-state index contributed by atoms with van der Waals surface area (Å²) in [6.45, 7) is 0. The third-order valence-electron chi connectivity index (χ3n) is 3.15. The standard InChI is InChI=1S/C15H8BrClFN3/c16-9-4-5-12-14(6-9)21(15(7-17)20-12)13-3-1-2-11(18)10(13)8-19/h1-6H,7H2. The summed E-state index contributed by atoms with van der Waals surface area (Å²) in [5.74, 6) is 0.160. The highest BCUT2D eigenvalue weighted by molar-refractivity contribution is 9.10. The van der Waals surface area contributed by atoms with Gasteiger partial charge in [-0.15, -0.1) is 11.6 Å². The molecule has 0 bridgehead atoms. The summed E-state index contributed by atoms with van der Waals surface area (Å²) in [6, 6.07) is 12.0. The van der Waals surface area contributed by atoms with Crippen LogP contribution in [0.4, 0.5) is 4.39 Å². The number of aromatic nitrogens is 2. The van der Waals surface area contributed by atoms with E-state index in [0.717, 1.165) is 15.5 Å². The minimum Gasteiger partial charge on any atom is -0.294 e. The van der Waals surface area contributed by atoms with Crippen LogP contribution in [0.1, 0.15) is 11.4 Å². The molecular formula is C15H8BrClFN3. The molecule has 0 aliphatic rings. The molecule has 6 heteroatoms. The van der Waals surface area contributed by atoms with Crippen LogP contribution in [0.15, 0.2) is 40.9 Å². The molecule has 2 aromatic carbocycles. The Morgan fingerprint density at radius 2 is 2.14 bits per heavy atom. The molecule has 0 saturated heterocycles. The average molecular weight is 365 g/mol. The van der Waals surface area contributed by atoms with Crippen molar-refractivity contribution in [3.05, 3.63) is 58.1 Å². The molecule has 104 valence electrons. The van der Waals surface area contributed by atoms with Crippen molar-refractivity contribution in [3.8, 4) is 11.8 Å². The molecule has 0 unspecified atom stereocenters. The maximum Gasteiger partial charge on any atom is 0.143 e. The molecule has 21 heavy (non-hydrogen) atoms. The Bertz CT molecular complexity index is 882. The number of hydrogen-bond donors (Lipinski definition) is 0. The number of rotatable bonds is 2. The molecule has 0 N–H and O–H groups in total. The van der Waals surface area contributed by atoms with Crippen molar-refractivity contribution >= 4 is 38.6 Å². The lowest BCUT2D eigenvalue weighted by atomic mass is 10.1. The maximum atomic E-state index is 13.9. The summed E-state index contributed by atoms with van der Waals surface area (Å²) < 4.78 is 16.4. The van der Waals surface area contributed by atoms with Crippen molar-refractivity contribution in [2.75, 3.05) is 0 Å². The van der Waals surface area contributed by atoms with Crippen LogP contribution in [0, 0.1) is 17.1 Å². The second-order valence-electron chi connectivity index (χ2n) is 4.38. The Labute approximate surface area is 133 Å². The molecule has 0 amide bonds. The van der Waals surface area contributed by atoms with Crippen LogP contribution in [0.2, 0.25) is 0 Å². The SMILES string of the molecule is N#Cc1c(F)cccc1-n1c(CCl)nc2ccc(Br)cc21. The lowest BCUT2D eigenvalue weighted by Gasteiger charge is -2.10. The second kappa shape index (κ2) is 5.47. The van der Waals surface area contributed by atoms with E-state index in [2.05, 4.69) is 20.9 Å². The van der Waals surface area contributed by atoms with Crippen LogP contribution in [-0.4, -0.2) is 9.55 Å². The number of imidazole rings is 1. The summed E-state index contributed by atoms with van der Waals surface area (Å²) in [6.07, 6.45) is 0. The van der Waals surface area contributed by atoms with Crippen LogP contribution in [0.25, 0.3) is 16.7 Å². The van der Waals surface area contributed by atoms with Gasteiger partial charge in [-0.1, -0.05) is 22.0 Å². The fraction of sp³-hybridized carbons (Fsp3) is 0.0667. The first-order valence-corrected chi connectivity index (χ1v) is 7.40. The van der Waals surface area contributed by atoms with E-state index in [1.807, 2.05) is 24.3 Å². The Morgan fingerprint density at radius 3 is 2.86 bits per heavy atom. The van der Waals surface area contributed by atoms with E-state index < -0.39 is 5.82 Å². The van der Waals surface area contributed by atoms with Gasteiger partial charge in [-0.2, -0.15) is 5.26 Å².